The van der Waals surface area contributed by atoms with Crippen LogP contribution in [0.15, 0.2) is 40.3 Å². The van der Waals surface area contributed by atoms with Crippen molar-refractivity contribution in [3.05, 3.63) is 66.8 Å². The normalized spacial score (nSPS) is 11.1. The molecule has 0 unspecified atom stereocenters. The number of carbonyl (C=O) groups excluding carboxylic acids is 1. The van der Waals surface area contributed by atoms with E-state index in [1.807, 2.05) is 0 Å². The molecule has 0 saturated heterocycles. The SMILES string of the molecule is Cn1c(COc2ccc(Cl)cc2Cl)nnc1SCC(=O)Nc1cc2c(cc1[N+](=O)[O-])n(C)c(=O)n2C. The van der Waals surface area contributed by atoms with Gasteiger partial charge in [0.15, 0.2) is 11.0 Å². The fourth-order valence-corrected chi connectivity index (χ4v) is 4.63. The average Bonchev–Trinajstić information content (AvgIpc) is 3.28. The molecule has 2 heterocycles. The van der Waals surface area contributed by atoms with E-state index < -0.39 is 10.8 Å². The van der Waals surface area contributed by atoms with Gasteiger partial charge in [0.05, 0.1) is 26.7 Å². The molecule has 0 atom stereocenters. The van der Waals surface area contributed by atoms with E-state index in [4.69, 9.17) is 27.9 Å². The molecule has 2 aromatic carbocycles. The minimum absolute atomic E-state index is 0.00815. The van der Waals surface area contributed by atoms with Gasteiger partial charge in [0.2, 0.25) is 5.91 Å². The molecule has 0 aliphatic carbocycles. The molecule has 0 aliphatic heterocycles. The Kier molecular flexibility index (Phi) is 7.24. The zero-order chi connectivity index (χ0) is 26.1. The van der Waals surface area contributed by atoms with Crippen molar-refractivity contribution in [3.63, 3.8) is 0 Å². The van der Waals surface area contributed by atoms with Crippen LogP contribution >= 0.6 is 35.0 Å². The average molecular weight is 552 g/mol. The number of ether oxygens (including phenoxy) is 1. The van der Waals surface area contributed by atoms with Crippen LogP contribution in [-0.4, -0.2) is 40.5 Å². The summed E-state index contributed by atoms with van der Waals surface area (Å²) in [6.07, 6.45) is 0. The number of hydrogen-bond acceptors (Lipinski definition) is 8. The molecule has 0 radical (unpaired) electrons. The van der Waals surface area contributed by atoms with Gasteiger partial charge in [-0.15, -0.1) is 10.2 Å². The van der Waals surface area contributed by atoms with Crippen molar-refractivity contribution in [2.45, 2.75) is 11.8 Å². The first-order chi connectivity index (χ1) is 17.1. The summed E-state index contributed by atoms with van der Waals surface area (Å²) in [4.78, 5) is 35.8. The van der Waals surface area contributed by atoms with Crippen LogP contribution in [0.2, 0.25) is 10.0 Å². The monoisotopic (exact) mass is 551 g/mol. The number of nitro groups is 1. The molecule has 188 valence electrons. The van der Waals surface area contributed by atoms with Gasteiger partial charge in [0, 0.05) is 32.2 Å². The van der Waals surface area contributed by atoms with Crippen LogP contribution in [-0.2, 0) is 32.5 Å². The number of carbonyl (C=O) groups is 1. The molecule has 4 rings (SSSR count). The van der Waals surface area contributed by atoms with Gasteiger partial charge in [0.1, 0.15) is 18.0 Å². The number of benzene rings is 2. The second-order valence-corrected chi connectivity index (χ2v) is 9.46. The Morgan fingerprint density at radius 2 is 1.81 bits per heavy atom. The van der Waals surface area contributed by atoms with Gasteiger partial charge < -0.3 is 14.6 Å². The van der Waals surface area contributed by atoms with Crippen molar-refractivity contribution < 1.29 is 14.5 Å². The van der Waals surface area contributed by atoms with Crippen LogP contribution in [0.4, 0.5) is 11.4 Å². The summed E-state index contributed by atoms with van der Waals surface area (Å²) in [5.41, 5.74) is 0.177. The second-order valence-electron chi connectivity index (χ2n) is 7.67. The van der Waals surface area contributed by atoms with Crippen LogP contribution in [0.3, 0.4) is 0 Å². The summed E-state index contributed by atoms with van der Waals surface area (Å²) in [5, 5.41) is 23.6. The molecule has 15 heteroatoms. The van der Waals surface area contributed by atoms with Crippen LogP contribution < -0.4 is 15.7 Å². The van der Waals surface area contributed by atoms with E-state index in [2.05, 4.69) is 15.5 Å². The molecular weight excluding hydrogens is 533 g/mol. The zero-order valence-corrected chi connectivity index (χ0v) is 21.5. The van der Waals surface area contributed by atoms with Crippen molar-refractivity contribution in [2.24, 2.45) is 21.1 Å². The highest BCUT2D eigenvalue weighted by Gasteiger charge is 2.21. The zero-order valence-electron chi connectivity index (χ0n) is 19.2. The van der Waals surface area contributed by atoms with Gasteiger partial charge in [-0.05, 0) is 24.3 Å². The number of nitrogens with zero attached hydrogens (tertiary/aromatic N) is 6. The van der Waals surface area contributed by atoms with Crippen LogP contribution in [0.25, 0.3) is 11.0 Å². The molecule has 0 saturated carbocycles. The summed E-state index contributed by atoms with van der Waals surface area (Å²) in [7, 11) is 4.79. The summed E-state index contributed by atoms with van der Waals surface area (Å²) in [6.45, 7) is 0.0829. The quantitative estimate of drug-likeness (QED) is 0.199. The first-order valence-corrected chi connectivity index (χ1v) is 12.0. The van der Waals surface area contributed by atoms with E-state index in [-0.39, 0.29) is 29.4 Å². The third-order valence-corrected chi connectivity index (χ3v) is 6.92. The Hall–Kier alpha value is -3.55. The molecule has 0 fully saturated rings. The van der Waals surface area contributed by atoms with E-state index in [1.54, 1.807) is 36.9 Å². The van der Waals surface area contributed by atoms with Crippen molar-refractivity contribution in [1.29, 1.82) is 0 Å². The molecular formula is C21H19Cl2N7O5S. The lowest BCUT2D eigenvalue weighted by Gasteiger charge is -2.09. The van der Waals surface area contributed by atoms with Gasteiger partial charge in [-0.25, -0.2) is 4.79 Å². The number of thioether (sulfide) groups is 1. The molecule has 2 aromatic heterocycles. The van der Waals surface area contributed by atoms with Crippen molar-refractivity contribution >= 4 is 63.3 Å². The van der Waals surface area contributed by atoms with Crippen LogP contribution in [0.1, 0.15) is 5.82 Å². The third kappa shape index (κ3) is 5.03. The fraction of sp³-hybridized carbons (Fsp3) is 0.238. The number of nitro benzene ring substituents is 1. The first kappa shape index (κ1) is 25.5. The second kappa shape index (κ2) is 10.2. The van der Waals surface area contributed by atoms with Gasteiger partial charge in [0.25, 0.3) is 5.69 Å². The molecule has 0 spiro atoms. The Labute approximate surface area is 217 Å². The largest absolute Gasteiger partial charge is 0.484 e. The number of aryl methyl sites for hydroxylation is 2. The molecule has 0 aliphatic rings. The predicted octanol–water partition coefficient (Wildman–Crippen LogP) is 3.53. The number of rotatable bonds is 8. The minimum atomic E-state index is -0.610. The molecule has 36 heavy (non-hydrogen) atoms. The van der Waals surface area contributed by atoms with E-state index in [0.717, 1.165) is 11.8 Å². The van der Waals surface area contributed by atoms with Gasteiger partial charge >= 0.3 is 5.69 Å². The third-order valence-electron chi connectivity index (χ3n) is 5.37. The number of aromatic nitrogens is 5. The van der Waals surface area contributed by atoms with E-state index in [9.17, 15) is 19.7 Å². The molecule has 1 N–H and O–H groups in total. The summed E-state index contributed by atoms with van der Waals surface area (Å²) in [5.74, 6) is 0.359. The fourth-order valence-electron chi connectivity index (χ4n) is 3.43. The highest BCUT2D eigenvalue weighted by molar-refractivity contribution is 7.99. The number of hydrogen-bond donors (Lipinski definition) is 1. The Morgan fingerprint density at radius 3 is 2.47 bits per heavy atom. The van der Waals surface area contributed by atoms with E-state index >= 15 is 0 Å². The van der Waals surface area contributed by atoms with E-state index in [0.29, 0.717) is 37.8 Å². The molecule has 0 bridgehead atoms. The highest BCUT2D eigenvalue weighted by Crippen LogP contribution is 2.30. The lowest BCUT2D eigenvalue weighted by Crippen LogP contribution is -2.19. The minimum Gasteiger partial charge on any atom is -0.484 e. The number of fused-ring (bicyclic) bond motifs is 1. The van der Waals surface area contributed by atoms with E-state index in [1.165, 1.54) is 28.3 Å². The van der Waals surface area contributed by atoms with Crippen molar-refractivity contribution in [2.75, 3.05) is 11.1 Å². The number of nitrogens with one attached hydrogen (secondary N) is 1. The predicted molar refractivity (Wildman–Crippen MR) is 136 cm³/mol. The standard InChI is InChI=1S/C21H19Cl2N7O5S/c1-27-15-7-13(14(30(33)34)8-16(15)28(2)21(27)32)24-19(31)10-36-20-26-25-18(29(20)3)9-35-17-5-4-11(22)6-12(17)23/h4-8H,9-10H2,1-3H3,(H,24,31). The summed E-state index contributed by atoms with van der Waals surface area (Å²) >= 11 is 13.1. The maximum atomic E-state index is 12.6. The smallest absolute Gasteiger partial charge is 0.328 e. The van der Waals surface area contributed by atoms with Gasteiger partial charge in [-0.2, -0.15) is 0 Å². The topological polar surface area (TPSA) is 139 Å². The Morgan fingerprint density at radius 1 is 1.11 bits per heavy atom. The summed E-state index contributed by atoms with van der Waals surface area (Å²) in [6, 6.07) is 7.54. The summed E-state index contributed by atoms with van der Waals surface area (Å²) < 4.78 is 9.99. The molecule has 4 aromatic rings. The van der Waals surface area contributed by atoms with Crippen LogP contribution in [0.5, 0.6) is 5.75 Å². The molecule has 12 nitrogen and oxygen atoms in total. The molecule has 1 amide bonds. The highest BCUT2D eigenvalue weighted by atomic mass is 35.5. The lowest BCUT2D eigenvalue weighted by molar-refractivity contribution is -0.383. The first-order valence-electron chi connectivity index (χ1n) is 10.3. The Balaban J connectivity index is 1.44. The number of anilines is 1. The Bertz CT molecular complexity index is 1560. The van der Waals surface area contributed by atoms with Crippen molar-refractivity contribution in [3.8, 4) is 5.75 Å². The maximum absolute atomic E-state index is 12.6. The van der Waals surface area contributed by atoms with Crippen molar-refractivity contribution in [1.82, 2.24) is 23.9 Å². The lowest BCUT2D eigenvalue weighted by atomic mass is 10.2. The maximum Gasteiger partial charge on any atom is 0.328 e. The van der Waals surface area contributed by atoms with Gasteiger partial charge in [-0.3, -0.25) is 24.0 Å². The number of imidazole rings is 1. The number of amides is 1. The number of halogens is 2. The van der Waals surface area contributed by atoms with Gasteiger partial charge in [-0.1, -0.05) is 35.0 Å². The van der Waals surface area contributed by atoms with Crippen LogP contribution in [0, 0.1) is 10.1 Å².